The average molecular weight is 276 g/mol. The van der Waals surface area contributed by atoms with Crippen molar-refractivity contribution in [1.29, 1.82) is 0 Å². The van der Waals surface area contributed by atoms with Gasteiger partial charge < -0.3 is 20.8 Å². The molecule has 0 aliphatic heterocycles. The van der Waals surface area contributed by atoms with Gasteiger partial charge in [0.2, 0.25) is 0 Å². The number of benzene rings is 1. The monoisotopic (exact) mass is 276 g/mol. The lowest BCUT2D eigenvalue weighted by atomic mass is 10.1. The number of para-hydroxylation sites is 1. The van der Waals surface area contributed by atoms with Gasteiger partial charge in [-0.15, -0.1) is 6.42 Å². The van der Waals surface area contributed by atoms with Crippen molar-refractivity contribution in [2.75, 3.05) is 5.32 Å². The van der Waals surface area contributed by atoms with Crippen molar-refractivity contribution in [3.8, 4) is 18.1 Å². The van der Waals surface area contributed by atoms with Gasteiger partial charge in [0.25, 0.3) is 0 Å². The number of phenols is 1. The predicted molar refractivity (Wildman–Crippen MR) is 74.7 cm³/mol. The molecule has 2 amide bonds. The van der Waals surface area contributed by atoms with Crippen LogP contribution >= 0.6 is 0 Å². The molecule has 0 aliphatic carbocycles. The molecule has 1 atom stereocenters. The molecular formula is C14H16N2O4. The molecule has 0 radical (unpaired) electrons. The molecule has 1 aromatic rings. The second-order valence-corrected chi connectivity index (χ2v) is 4.11. The predicted octanol–water partition coefficient (Wildman–Crippen LogP) is 2.01. The lowest BCUT2D eigenvalue weighted by Crippen LogP contribution is -2.37. The van der Waals surface area contributed by atoms with Crippen LogP contribution in [0.3, 0.4) is 0 Å². The number of rotatable bonds is 5. The molecule has 0 saturated carbocycles. The van der Waals surface area contributed by atoms with E-state index in [-0.39, 0.29) is 11.3 Å². The minimum Gasteiger partial charge on any atom is -0.505 e. The Morgan fingerprint density at radius 3 is 2.70 bits per heavy atom. The van der Waals surface area contributed by atoms with E-state index in [4.69, 9.17) is 11.5 Å². The second-order valence-electron chi connectivity index (χ2n) is 4.11. The molecule has 0 aromatic heterocycles. The van der Waals surface area contributed by atoms with E-state index < -0.39 is 23.8 Å². The molecule has 4 N–H and O–H groups in total. The topological polar surface area (TPSA) is 98.7 Å². The van der Waals surface area contributed by atoms with Gasteiger partial charge in [-0.3, -0.25) is 0 Å². The zero-order valence-corrected chi connectivity index (χ0v) is 11.0. The fourth-order valence-corrected chi connectivity index (χ4v) is 1.62. The summed E-state index contributed by atoms with van der Waals surface area (Å²) in [6.07, 6.45) is 6.72. The van der Waals surface area contributed by atoms with Crippen molar-refractivity contribution in [3.05, 3.63) is 23.8 Å². The summed E-state index contributed by atoms with van der Waals surface area (Å²) in [6, 6.07) is 3.04. The minimum absolute atomic E-state index is 0.00895. The van der Waals surface area contributed by atoms with Crippen molar-refractivity contribution >= 4 is 17.7 Å². The van der Waals surface area contributed by atoms with E-state index in [1.807, 2.05) is 6.92 Å². The Labute approximate surface area is 116 Å². The van der Waals surface area contributed by atoms with E-state index in [0.29, 0.717) is 6.42 Å². The van der Waals surface area contributed by atoms with Gasteiger partial charge >= 0.3 is 12.0 Å². The molecule has 0 aliphatic rings. The standard InChI is InChI=1S/C14H16N2O4/c1-3-6-9(4-2)15-14(20)16-11-8-5-7-10(12(11)17)13(18)19/h2,5,7-9,17H,3,6H2,1H3,(H,18,19)(H2,15,16,20). The van der Waals surface area contributed by atoms with E-state index in [2.05, 4.69) is 16.6 Å². The Morgan fingerprint density at radius 2 is 2.15 bits per heavy atom. The maximum atomic E-state index is 11.7. The molecule has 0 heterocycles. The molecule has 1 aromatic carbocycles. The highest BCUT2D eigenvalue weighted by Gasteiger charge is 2.15. The number of aromatic carboxylic acids is 1. The largest absolute Gasteiger partial charge is 0.505 e. The van der Waals surface area contributed by atoms with Gasteiger partial charge in [0.05, 0.1) is 11.7 Å². The van der Waals surface area contributed by atoms with Crippen LogP contribution in [0.1, 0.15) is 30.1 Å². The molecule has 0 saturated heterocycles. The summed E-state index contributed by atoms with van der Waals surface area (Å²) in [6.45, 7) is 1.94. The van der Waals surface area contributed by atoms with Gasteiger partial charge in [0.15, 0.2) is 5.75 Å². The number of amides is 2. The third-order valence-corrected chi connectivity index (χ3v) is 2.60. The van der Waals surface area contributed by atoms with E-state index in [1.165, 1.54) is 18.2 Å². The first kappa shape index (κ1) is 15.4. The first-order valence-corrected chi connectivity index (χ1v) is 6.08. The fourth-order valence-electron chi connectivity index (χ4n) is 1.62. The third kappa shape index (κ3) is 3.92. The number of urea groups is 1. The lowest BCUT2D eigenvalue weighted by Gasteiger charge is -2.14. The van der Waals surface area contributed by atoms with Crippen molar-refractivity contribution < 1.29 is 19.8 Å². The van der Waals surface area contributed by atoms with E-state index >= 15 is 0 Å². The number of carbonyl (C=O) groups excluding carboxylic acids is 1. The molecule has 20 heavy (non-hydrogen) atoms. The first-order chi connectivity index (χ1) is 9.49. The summed E-state index contributed by atoms with van der Waals surface area (Å²) in [5.41, 5.74) is -0.278. The highest BCUT2D eigenvalue weighted by atomic mass is 16.4. The van der Waals surface area contributed by atoms with E-state index in [1.54, 1.807) is 0 Å². The SMILES string of the molecule is C#CC(CCC)NC(=O)Nc1cccc(C(=O)O)c1O. The zero-order chi connectivity index (χ0) is 15.1. The van der Waals surface area contributed by atoms with Crippen LogP contribution in [0, 0.1) is 12.3 Å². The Bertz CT molecular complexity index is 549. The molecule has 0 spiro atoms. The molecule has 1 unspecified atom stereocenters. The van der Waals surface area contributed by atoms with E-state index in [0.717, 1.165) is 6.42 Å². The van der Waals surface area contributed by atoms with Crippen molar-refractivity contribution in [2.45, 2.75) is 25.8 Å². The second kappa shape index (κ2) is 7.04. The van der Waals surface area contributed by atoms with Crippen molar-refractivity contribution in [2.24, 2.45) is 0 Å². The summed E-state index contributed by atoms with van der Waals surface area (Å²) in [7, 11) is 0. The van der Waals surface area contributed by atoms with Gasteiger partial charge in [-0.2, -0.15) is 0 Å². The van der Waals surface area contributed by atoms with Crippen LogP contribution in [0.5, 0.6) is 5.75 Å². The highest BCUT2D eigenvalue weighted by molar-refractivity contribution is 5.97. The number of hydrogen-bond donors (Lipinski definition) is 4. The number of terminal acetylenes is 1. The zero-order valence-electron chi connectivity index (χ0n) is 11.0. The van der Waals surface area contributed by atoms with Crippen LogP contribution in [0.15, 0.2) is 18.2 Å². The number of hydrogen-bond acceptors (Lipinski definition) is 3. The smallest absolute Gasteiger partial charge is 0.339 e. The van der Waals surface area contributed by atoms with Crippen LogP contribution in [0.25, 0.3) is 0 Å². The van der Waals surface area contributed by atoms with Crippen molar-refractivity contribution in [3.63, 3.8) is 0 Å². The molecule has 1 rings (SSSR count). The molecule has 106 valence electrons. The van der Waals surface area contributed by atoms with Crippen LogP contribution < -0.4 is 10.6 Å². The fraction of sp³-hybridized carbons (Fsp3) is 0.286. The van der Waals surface area contributed by atoms with Crippen LogP contribution in [0.2, 0.25) is 0 Å². The summed E-state index contributed by atoms with van der Waals surface area (Å²) in [4.78, 5) is 22.6. The number of nitrogens with one attached hydrogen (secondary N) is 2. The van der Waals surface area contributed by atoms with Crippen LogP contribution in [-0.2, 0) is 0 Å². The average Bonchev–Trinajstić information content (AvgIpc) is 2.40. The van der Waals surface area contributed by atoms with Gasteiger partial charge in [0.1, 0.15) is 5.56 Å². The number of carboxylic acid groups (broad SMARTS) is 1. The summed E-state index contributed by atoms with van der Waals surface area (Å²) >= 11 is 0. The molecule has 6 heteroatoms. The van der Waals surface area contributed by atoms with Crippen LogP contribution in [-0.4, -0.2) is 28.3 Å². The number of carbonyl (C=O) groups is 2. The normalized spacial score (nSPS) is 11.2. The van der Waals surface area contributed by atoms with Gasteiger partial charge in [0, 0.05) is 0 Å². The van der Waals surface area contributed by atoms with Gasteiger partial charge in [-0.25, -0.2) is 9.59 Å². The maximum Gasteiger partial charge on any atom is 0.339 e. The van der Waals surface area contributed by atoms with Gasteiger partial charge in [-0.05, 0) is 18.6 Å². The quantitative estimate of drug-likeness (QED) is 0.488. The molecule has 0 fully saturated rings. The number of aromatic hydroxyl groups is 1. The lowest BCUT2D eigenvalue weighted by molar-refractivity contribution is 0.0693. The highest BCUT2D eigenvalue weighted by Crippen LogP contribution is 2.27. The maximum absolute atomic E-state index is 11.7. The van der Waals surface area contributed by atoms with Crippen LogP contribution in [0.4, 0.5) is 10.5 Å². The summed E-state index contributed by atoms with van der Waals surface area (Å²) in [5, 5.41) is 23.5. The first-order valence-electron chi connectivity index (χ1n) is 6.08. The molecule has 0 bridgehead atoms. The van der Waals surface area contributed by atoms with Gasteiger partial charge in [-0.1, -0.05) is 25.3 Å². The molecular weight excluding hydrogens is 260 g/mol. The van der Waals surface area contributed by atoms with Crippen molar-refractivity contribution in [1.82, 2.24) is 5.32 Å². The Kier molecular flexibility index (Phi) is 5.42. The Morgan fingerprint density at radius 1 is 1.45 bits per heavy atom. The summed E-state index contributed by atoms with van der Waals surface area (Å²) in [5.74, 6) is 0.659. The summed E-state index contributed by atoms with van der Waals surface area (Å²) < 4.78 is 0. The minimum atomic E-state index is -1.28. The number of anilines is 1. The Hall–Kier alpha value is -2.68. The Balaban J connectivity index is 2.79. The molecule has 6 nitrogen and oxygen atoms in total. The number of carboxylic acids is 1. The third-order valence-electron chi connectivity index (χ3n) is 2.60. The van der Waals surface area contributed by atoms with E-state index in [9.17, 15) is 14.7 Å².